The summed E-state index contributed by atoms with van der Waals surface area (Å²) in [6.07, 6.45) is -1.65. The van der Waals surface area contributed by atoms with Crippen molar-refractivity contribution in [3.63, 3.8) is 0 Å². The highest BCUT2D eigenvalue weighted by Crippen LogP contribution is 2.18. The molecule has 10 heteroatoms. The summed E-state index contributed by atoms with van der Waals surface area (Å²) in [6, 6.07) is 3.56. The lowest BCUT2D eigenvalue weighted by molar-refractivity contribution is -0.149. The van der Waals surface area contributed by atoms with E-state index in [2.05, 4.69) is 4.74 Å². The molecule has 1 aromatic carbocycles. The van der Waals surface area contributed by atoms with Crippen LogP contribution in [0.3, 0.4) is 0 Å². The molecule has 8 nitrogen and oxygen atoms in total. The molecule has 0 aliphatic heterocycles. The lowest BCUT2D eigenvalue weighted by Gasteiger charge is -2.11. The topological polar surface area (TPSA) is 130 Å². The average Bonchev–Trinajstić information content (AvgIpc) is 2.43. The molecule has 0 bridgehead atoms. The van der Waals surface area contributed by atoms with Crippen LogP contribution in [-0.2, 0) is 19.6 Å². The molecule has 3 N–H and O–H groups in total. The molecule has 0 amide bonds. The van der Waals surface area contributed by atoms with Crippen LogP contribution in [-0.4, -0.2) is 50.3 Å². The number of benzene rings is 1. The number of methoxy groups -OCH3 is 1. The van der Waals surface area contributed by atoms with E-state index in [0.717, 1.165) is 13.2 Å². The zero-order chi connectivity index (χ0) is 16.2. The van der Waals surface area contributed by atoms with Gasteiger partial charge in [0, 0.05) is 10.1 Å². The molecule has 0 aromatic heterocycles. The predicted molar refractivity (Wildman–Crippen MR) is 79.3 cm³/mol. The molecule has 0 heterocycles. The Hall–Kier alpha value is -1.24. The summed E-state index contributed by atoms with van der Waals surface area (Å²) >= 11 is 1.77. The Kier molecular flexibility index (Phi) is 6.07. The lowest BCUT2D eigenvalue weighted by Crippen LogP contribution is -2.37. The number of hydrogen-bond donors (Lipinski definition) is 3. The third-order valence-electron chi connectivity index (χ3n) is 2.42. The largest absolute Gasteiger partial charge is 0.478 e. The molecule has 1 unspecified atom stereocenters. The third kappa shape index (κ3) is 4.62. The van der Waals surface area contributed by atoms with Gasteiger partial charge in [-0.2, -0.15) is 0 Å². The normalized spacial score (nSPS) is 12.7. The molecule has 1 atom stereocenters. The van der Waals surface area contributed by atoms with Gasteiger partial charge in [0.15, 0.2) is 6.10 Å². The first-order valence-electron chi connectivity index (χ1n) is 5.47. The minimum atomic E-state index is -4.05. The Labute approximate surface area is 134 Å². The maximum Gasteiger partial charge on any atom is 0.336 e. The Balaban J connectivity index is 2.96. The summed E-state index contributed by atoms with van der Waals surface area (Å²) in [7, 11) is -3.00. The van der Waals surface area contributed by atoms with Crippen molar-refractivity contribution in [3.05, 3.63) is 27.3 Å². The standard InChI is InChI=1S/C11H12INO7S/c1-20-11(17)9(14)5-13-21(18,19)6-2-3-8(12)7(4-6)10(15)16/h2-4,9,13-14H,5H2,1H3,(H,15,16). The quantitative estimate of drug-likeness (QED) is 0.422. The van der Waals surface area contributed by atoms with Gasteiger partial charge in [-0.3, -0.25) is 0 Å². The maximum atomic E-state index is 12.0. The summed E-state index contributed by atoms with van der Waals surface area (Å²) in [5, 5.41) is 18.3. The van der Waals surface area contributed by atoms with E-state index in [1.807, 2.05) is 4.72 Å². The van der Waals surface area contributed by atoms with Crippen molar-refractivity contribution in [1.82, 2.24) is 4.72 Å². The zero-order valence-corrected chi connectivity index (χ0v) is 13.7. The molecule has 0 saturated heterocycles. The number of ether oxygens (including phenoxy) is 1. The number of halogens is 1. The van der Waals surface area contributed by atoms with Gasteiger partial charge in [0.05, 0.1) is 17.6 Å². The van der Waals surface area contributed by atoms with Gasteiger partial charge in [-0.25, -0.2) is 22.7 Å². The Bertz CT molecular complexity index is 659. The summed E-state index contributed by atoms with van der Waals surface area (Å²) in [5.74, 6) is -2.24. The average molecular weight is 429 g/mol. The van der Waals surface area contributed by atoms with E-state index in [1.54, 1.807) is 22.6 Å². The van der Waals surface area contributed by atoms with Crippen molar-refractivity contribution >= 4 is 44.6 Å². The molecule has 1 aromatic rings. The van der Waals surface area contributed by atoms with E-state index in [4.69, 9.17) is 5.11 Å². The van der Waals surface area contributed by atoms with Crippen LogP contribution in [0.15, 0.2) is 23.1 Å². The van der Waals surface area contributed by atoms with Crippen LogP contribution in [0.1, 0.15) is 10.4 Å². The van der Waals surface area contributed by atoms with Crippen LogP contribution < -0.4 is 4.72 Å². The van der Waals surface area contributed by atoms with Gasteiger partial charge in [0.25, 0.3) is 0 Å². The highest BCUT2D eigenvalue weighted by molar-refractivity contribution is 14.1. The molecule has 0 fully saturated rings. The van der Waals surface area contributed by atoms with Gasteiger partial charge in [-0.05, 0) is 40.8 Å². The van der Waals surface area contributed by atoms with E-state index < -0.39 is 34.6 Å². The Morgan fingerprint density at radius 2 is 2.05 bits per heavy atom. The lowest BCUT2D eigenvalue weighted by atomic mass is 10.2. The van der Waals surface area contributed by atoms with Crippen molar-refractivity contribution in [1.29, 1.82) is 0 Å². The van der Waals surface area contributed by atoms with Crippen LogP contribution in [0.25, 0.3) is 0 Å². The van der Waals surface area contributed by atoms with Crippen LogP contribution in [0.2, 0.25) is 0 Å². The SMILES string of the molecule is COC(=O)C(O)CNS(=O)(=O)c1ccc(I)c(C(=O)O)c1. The van der Waals surface area contributed by atoms with Gasteiger partial charge in [0.2, 0.25) is 10.0 Å². The monoisotopic (exact) mass is 429 g/mol. The summed E-state index contributed by atoms with van der Waals surface area (Å²) in [6.45, 7) is -0.580. The second kappa shape index (κ2) is 7.15. The molecule has 0 aliphatic rings. The fraction of sp³-hybridized carbons (Fsp3) is 0.273. The molecular formula is C11H12INO7S. The Morgan fingerprint density at radius 1 is 1.43 bits per heavy atom. The highest BCUT2D eigenvalue weighted by atomic mass is 127. The summed E-state index contributed by atoms with van der Waals surface area (Å²) in [4.78, 5) is 21.7. The van der Waals surface area contributed by atoms with Crippen molar-refractivity contribution in [2.45, 2.75) is 11.0 Å². The molecule has 1 rings (SSSR count). The maximum absolute atomic E-state index is 12.0. The number of aliphatic hydroxyl groups excluding tert-OH is 1. The van der Waals surface area contributed by atoms with Gasteiger partial charge in [-0.15, -0.1) is 0 Å². The second-order valence-corrected chi connectivity index (χ2v) is 6.77. The second-order valence-electron chi connectivity index (χ2n) is 3.84. The van der Waals surface area contributed by atoms with Gasteiger partial charge in [0.1, 0.15) is 0 Å². The van der Waals surface area contributed by atoms with Crippen molar-refractivity contribution < 1.29 is 33.0 Å². The van der Waals surface area contributed by atoms with E-state index >= 15 is 0 Å². The number of carbonyl (C=O) groups excluding carboxylic acids is 1. The molecule has 0 saturated carbocycles. The number of aliphatic hydroxyl groups is 1. The fourth-order valence-electron chi connectivity index (χ4n) is 1.33. The number of carbonyl (C=O) groups is 2. The Morgan fingerprint density at radius 3 is 2.57 bits per heavy atom. The highest BCUT2D eigenvalue weighted by Gasteiger charge is 2.22. The van der Waals surface area contributed by atoms with E-state index in [0.29, 0.717) is 3.57 Å². The fourth-order valence-corrected chi connectivity index (χ4v) is 2.96. The van der Waals surface area contributed by atoms with Crippen molar-refractivity contribution in [2.75, 3.05) is 13.7 Å². The van der Waals surface area contributed by atoms with Crippen LogP contribution >= 0.6 is 22.6 Å². The van der Waals surface area contributed by atoms with Gasteiger partial charge in [-0.1, -0.05) is 0 Å². The number of carboxylic acid groups (broad SMARTS) is 1. The smallest absolute Gasteiger partial charge is 0.336 e. The minimum Gasteiger partial charge on any atom is -0.478 e. The number of nitrogens with one attached hydrogen (secondary N) is 1. The first-order valence-corrected chi connectivity index (χ1v) is 8.03. The van der Waals surface area contributed by atoms with Crippen LogP contribution in [0.5, 0.6) is 0 Å². The van der Waals surface area contributed by atoms with E-state index in [-0.39, 0.29) is 10.5 Å². The first kappa shape index (κ1) is 17.8. The number of carboxylic acids is 1. The number of sulfonamides is 1. The van der Waals surface area contributed by atoms with Crippen molar-refractivity contribution in [3.8, 4) is 0 Å². The molecular weight excluding hydrogens is 417 g/mol. The first-order chi connectivity index (χ1) is 9.69. The van der Waals surface area contributed by atoms with E-state index in [1.165, 1.54) is 12.1 Å². The predicted octanol–water partition coefficient (Wildman–Crippen LogP) is -0.198. The van der Waals surface area contributed by atoms with Crippen molar-refractivity contribution in [2.24, 2.45) is 0 Å². The summed E-state index contributed by atoms with van der Waals surface area (Å²) < 4.78 is 30.6. The summed E-state index contributed by atoms with van der Waals surface area (Å²) in [5.41, 5.74) is -0.160. The molecule has 0 radical (unpaired) electrons. The number of esters is 1. The zero-order valence-electron chi connectivity index (χ0n) is 10.7. The number of rotatable bonds is 6. The van der Waals surface area contributed by atoms with Gasteiger partial charge >= 0.3 is 11.9 Å². The number of aromatic carboxylic acids is 1. The molecule has 116 valence electrons. The molecule has 0 spiro atoms. The minimum absolute atomic E-state index is 0.160. The van der Waals surface area contributed by atoms with Crippen LogP contribution in [0.4, 0.5) is 0 Å². The third-order valence-corrected chi connectivity index (χ3v) is 4.78. The molecule has 0 aliphatic carbocycles. The van der Waals surface area contributed by atoms with E-state index in [9.17, 15) is 23.1 Å². The number of hydrogen-bond acceptors (Lipinski definition) is 6. The van der Waals surface area contributed by atoms with Crippen LogP contribution in [0, 0.1) is 3.57 Å². The molecule has 21 heavy (non-hydrogen) atoms. The van der Waals surface area contributed by atoms with Gasteiger partial charge < -0.3 is 14.9 Å².